The van der Waals surface area contributed by atoms with Crippen molar-refractivity contribution in [3.05, 3.63) is 27.7 Å². The second-order valence-electron chi connectivity index (χ2n) is 2.66. The van der Waals surface area contributed by atoms with Crippen molar-refractivity contribution in [2.75, 3.05) is 5.73 Å². The van der Waals surface area contributed by atoms with Crippen LogP contribution in [0, 0.1) is 5.82 Å². The van der Waals surface area contributed by atoms with Gasteiger partial charge in [0.2, 0.25) is 5.28 Å². The minimum Gasteiger partial charge on any atom is -0.383 e. The van der Waals surface area contributed by atoms with Crippen LogP contribution in [0.25, 0.3) is 10.9 Å². The molecule has 0 radical (unpaired) electrons. The third-order valence-corrected chi connectivity index (χ3v) is 2.49. The van der Waals surface area contributed by atoms with Crippen LogP contribution in [0.1, 0.15) is 0 Å². The molecule has 2 N–H and O–H groups in total. The van der Waals surface area contributed by atoms with Crippen molar-refractivity contribution in [3.8, 4) is 0 Å². The van der Waals surface area contributed by atoms with E-state index < -0.39 is 5.82 Å². The van der Waals surface area contributed by atoms with Crippen LogP contribution in [0.5, 0.6) is 0 Å². The summed E-state index contributed by atoms with van der Waals surface area (Å²) in [6.07, 6.45) is 0. The van der Waals surface area contributed by atoms with Crippen LogP contribution in [0.4, 0.5) is 10.2 Å². The van der Waals surface area contributed by atoms with E-state index in [1.54, 1.807) is 0 Å². The molecule has 0 aliphatic heterocycles. The van der Waals surface area contributed by atoms with Gasteiger partial charge in [0.15, 0.2) is 0 Å². The number of halogens is 3. The highest BCUT2D eigenvalue weighted by Gasteiger charge is 2.08. The zero-order valence-corrected chi connectivity index (χ0v) is 9.10. The molecule has 1 aromatic carbocycles. The zero-order valence-electron chi connectivity index (χ0n) is 6.76. The molecule has 72 valence electrons. The number of hydrogen-bond donors (Lipinski definition) is 1. The summed E-state index contributed by atoms with van der Waals surface area (Å²) in [5, 5.41) is 0.489. The standard InChI is InChI=1S/C8H4BrClFN3/c9-5-2-3(11)1-4-6(5)13-8(10)14-7(4)12/h1-2H,(H2,12,13,14). The lowest BCUT2D eigenvalue weighted by Gasteiger charge is -2.03. The Hall–Kier alpha value is -0.940. The molecule has 0 aliphatic rings. The predicted octanol–water partition coefficient (Wildman–Crippen LogP) is 2.77. The molecule has 6 heteroatoms. The van der Waals surface area contributed by atoms with Gasteiger partial charge in [-0.2, -0.15) is 0 Å². The van der Waals surface area contributed by atoms with Crippen molar-refractivity contribution < 1.29 is 4.39 Å². The minimum absolute atomic E-state index is 0.0438. The summed E-state index contributed by atoms with van der Waals surface area (Å²) >= 11 is 8.79. The molecule has 0 spiro atoms. The van der Waals surface area contributed by atoms with E-state index in [0.29, 0.717) is 15.4 Å². The van der Waals surface area contributed by atoms with E-state index in [-0.39, 0.29) is 11.1 Å². The Morgan fingerprint density at radius 3 is 2.79 bits per heavy atom. The number of aromatic nitrogens is 2. The van der Waals surface area contributed by atoms with Crippen LogP contribution in [-0.2, 0) is 0 Å². The van der Waals surface area contributed by atoms with E-state index in [2.05, 4.69) is 25.9 Å². The van der Waals surface area contributed by atoms with E-state index in [1.807, 2.05) is 0 Å². The molecule has 2 rings (SSSR count). The summed E-state index contributed by atoms with van der Waals surface area (Å²) in [5.41, 5.74) is 6.08. The van der Waals surface area contributed by atoms with Crippen molar-refractivity contribution in [3.63, 3.8) is 0 Å². The molecule has 1 aromatic heterocycles. The summed E-state index contributed by atoms with van der Waals surface area (Å²) < 4.78 is 13.5. The predicted molar refractivity (Wildman–Crippen MR) is 56.6 cm³/mol. The van der Waals surface area contributed by atoms with Gasteiger partial charge in [-0.15, -0.1) is 0 Å². The van der Waals surface area contributed by atoms with Gasteiger partial charge in [0.05, 0.1) is 5.52 Å². The first-order valence-corrected chi connectivity index (χ1v) is 4.83. The number of benzene rings is 1. The summed E-state index contributed by atoms with van der Waals surface area (Å²) in [6.45, 7) is 0. The SMILES string of the molecule is Nc1nc(Cl)nc2c(Br)cc(F)cc12. The average molecular weight is 276 g/mol. The second-order valence-corrected chi connectivity index (χ2v) is 3.85. The Balaban J connectivity index is 2.94. The average Bonchev–Trinajstić information content (AvgIpc) is 2.07. The third kappa shape index (κ3) is 1.53. The highest BCUT2D eigenvalue weighted by Crippen LogP contribution is 2.27. The molecule has 3 nitrogen and oxygen atoms in total. The number of hydrogen-bond acceptors (Lipinski definition) is 3. The van der Waals surface area contributed by atoms with Gasteiger partial charge in [0.1, 0.15) is 11.6 Å². The molecule has 0 aliphatic carbocycles. The van der Waals surface area contributed by atoms with Crippen LogP contribution in [0.2, 0.25) is 5.28 Å². The zero-order chi connectivity index (χ0) is 10.3. The van der Waals surface area contributed by atoms with Crippen LogP contribution >= 0.6 is 27.5 Å². The van der Waals surface area contributed by atoms with Gasteiger partial charge in [-0.1, -0.05) is 0 Å². The monoisotopic (exact) mass is 275 g/mol. The lowest BCUT2D eigenvalue weighted by atomic mass is 10.2. The van der Waals surface area contributed by atoms with Crippen molar-refractivity contribution in [1.82, 2.24) is 9.97 Å². The molecule has 0 fully saturated rings. The molecule has 2 aromatic rings. The molecule has 0 saturated carbocycles. The van der Waals surface area contributed by atoms with Gasteiger partial charge in [0.25, 0.3) is 0 Å². The van der Waals surface area contributed by atoms with Crippen LogP contribution in [-0.4, -0.2) is 9.97 Å². The first kappa shape index (κ1) is 9.61. The van der Waals surface area contributed by atoms with Gasteiger partial charge in [0, 0.05) is 9.86 Å². The maximum Gasteiger partial charge on any atom is 0.224 e. The number of nitrogens with two attached hydrogens (primary N) is 1. The highest BCUT2D eigenvalue weighted by molar-refractivity contribution is 9.10. The van der Waals surface area contributed by atoms with E-state index in [4.69, 9.17) is 17.3 Å². The Morgan fingerprint density at radius 2 is 2.07 bits per heavy atom. The fraction of sp³-hybridized carbons (Fsp3) is 0. The van der Waals surface area contributed by atoms with Gasteiger partial charge < -0.3 is 5.73 Å². The lowest BCUT2D eigenvalue weighted by molar-refractivity contribution is 0.629. The van der Waals surface area contributed by atoms with E-state index in [1.165, 1.54) is 12.1 Å². The summed E-state index contributed by atoms with van der Waals surface area (Å²) in [4.78, 5) is 7.67. The van der Waals surface area contributed by atoms with Crippen LogP contribution in [0.3, 0.4) is 0 Å². The van der Waals surface area contributed by atoms with Gasteiger partial charge in [-0.3, -0.25) is 0 Å². The van der Waals surface area contributed by atoms with Crippen molar-refractivity contribution in [2.45, 2.75) is 0 Å². The largest absolute Gasteiger partial charge is 0.383 e. The molecular formula is C8H4BrClFN3. The van der Waals surface area contributed by atoms with Gasteiger partial charge in [-0.05, 0) is 39.7 Å². The lowest BCUT2D eigenvalue weighted by Crippen LogP contribution is -1.96. The molecular weight excluding hydrogens is 272 g/mol. The molecule has 14 heavy (non-hydrogen) atoms. The fourth-order valence-electron chi connectivity index (χ4n) is 1.15. The molecule has 0 saturated heterocycles. The Kier molecular flexibility index (Phi) is 2.28. The fourth-order valence-corrected chi connectivity index (χ4v) is 1.85. The molecule has 0 bridgehead atoms. The minimum atomic E-state index is -0.401. The van der Waals surface area contributed by atoms with E-state index >= 15 is 0 Å². The summed E-state index contributed by atoms with van der Waals surface area (Å²) in [5.74, 6) is -0.234. The highest BCUT2D eigenvalue weighted by atomic mass is 79.9. The van der Waals surface area contributed by atoms with Gasteiger partial charge in [-0.25, -0.2) is 14.4 Å². The molecule has 0 amide bonds. The topological polar surface area (TPSA) is 51.8 Å². The summed E-state index contributed by atoms with van der Waals surface area (Å²) in [7, 11) is 0. The van der Waals surface area contributed by atoms with Crippen molar-refractivity contribution in [1.29, 1.82) is 0 Å². The summed E-state index contributed by atoms with van der Waals surface area (Å²) in [6, 6.07) is 2.57. The first-order valence-electron chi connectivity index (χ1n) is 3.65. The number of nitrogens with zero attached hydrogens (tertiary/aromatic N) is 2. The number of rotatable bonds is 0. The first-order chi connectivity index (χ1) is 6.58. The van der Waals surface area contributed by atoms with Crippen LogP contribution in [0.15, 0.2) is 16.6 Å². The number of nitrogen functional groups attached to an aromatic ring is 1. The van der Waals surface area contributed by atoms with Crippen LogP contribution < -0.4 is 5.73 Å². The molecule has 0 unspecified atom stereocenters. The molecule has 1 heterocycles. The third-order valence-electron chi connectivity index (χ3n) is 1.72. The van der Waals surface area contributed by atoms with E-state index in [9.17, 15) is 4.39 Å². The number of fused-ring (bicyclic) bond motifs is 1. The quantitative estimate of drug-likeness (QED) is 0.753. The normalized spacial score (nSPS) is 10.8. The Labute approximate surface area is 92.2 Å². The smallest absolute Gasteiger partial charge is 0.224 e. The number of anilines is 1. The maximum absolute atomic E-state index is 13.0. The van der Waals surface area contributed by atoms with Gasteiger partial charge >= 0.3 is 0 Å². The molecule has 0 atom stereocenters. The van der Waals surface area contributed by atoms with Crippen molar-refractivity contribution in [2.24, 2.45) is 0 Å². The second kappa shape index (κ2) is 3.33. The Bertz CT molecular complexity index is 470. The Morgan fingerprint density at radius 1 is 1.36 bits per heavy atom. The van der Waals surface area contributed by atoms with E-state index in [0.717, 1.165) is 0 Å². The van der Waals surface area contributed by atoms with Crippen molar-refractivity contribution >= 4 is 44.3 Å². The maximum atomic E-state index is 13.0.